The monoisotopic (exact) mass is 229 g/mol. The van der Waals surface area contributed by atoms with Crippen LogP contribution in [0.15, 0.2) is 12.7 Å². The van der Waals surface area contributed by atoms with E-state index in [9.17, 15) is 9.59 Å². The maximum atomic E-state index is 10.5. The molecule has 92 valence electrons. The summed E-state index contributed by atoms with van der Waals surface area (Å²) >= 11 is 0. The van der Waals surface area contributed by atoms with Crippen LogP contribution in [0.5, 0.6) is 0 Å². The lowest BCUT2D eigenvalue weighted by atomic mass is 10.4. The van der Waals surface area contributed by atoms with Gasteiger partial charge >= 0.3 is 5.97 Å². The van der Waals surface area contributed by atoms with Crippen molar-refractivity contribution in [2.75, 3.05) is 20.2 Å². The third-order valence-corrected chi connectivity index (χ3v) is 1.99. The summed E-state index contributed by atoms with van der Waals surface area (Å²) in [5.74, 6) is -0.324. The number of aliphatic hydroxyl groups excluding tert-OH is 1. The van der Waals surface area contributed by atoms with Crippen molar-refractivity contribution >= 4 is 11.9 Å². The van der Waals surface area contributed by atoms with E-state index in [1.807, 2.05) is 7.05 Å². The van der Waals surface area contributed by atoms with Gasteiger partial charge in [-0.05, 0) is 13.3 Å². The second-order valence-electron chi connectivity index (χ2n) is 3.51. The average molecular weight is 229 g/mol. The molecule has 0 aromatic rings. The molecule has 0 radical (unpaired) electrons. The zero-order chi connectivity index (χ0) is 12.6. The number of likely N-dealkylation sites (tertiary alicyclic amines) is 1. The maximum Gasteiger partial charge on any atom is 0.334 e. The van der Waals surface area contributed by atoms with E-state index in [0.717, 1.165) is 19.4 Å². The highest BCUT2D eigenvalue weighted by atomic mass is 16.5. The molecule has 1 aliphatic rings. The van der Waals surface area contributed by atoms with E-state index in [1.165, 1.54) is 13.0 Å². The zero-order valence-electron chi connectivity index (χ0n) is 9.81. The lowest BCUT2D eigenvalue weighted by molar-refractivity contribution is -0.151. The van der Waals surface area contributed by atoms with Crippen molar-refractivity contribution in [3.63, 3.8) is 0 Å². The lowest BCUT2D eigenvalue weighted by Crippen LogP contribution is -2.19. The molecular weight excluding hydrogens is 210 g/mol. The Morgan fingerprint density at radius 3 is 2.62 bits per heavy atom. The SMILES string of the molecule is C=CCOC(=O)C(C)O.CN1CCCC1=O. The smallest absolute Gasteiger partial charge is 0.334 e. The van der Waals surface area contributed by atoms with Gasteiger partial charge in [-0.2, -0.15) is 0 Å². The molecule has 1 aliphatic heterocycles. The third-order valence-electron chi connectivity index (χ3n) is 1.99. The number of hydrogen-bond acceptors (Lipinski definition) is 4. The summed E-state index contributed by atoms with van der Waals surface area (Å²) in [7, 11) is 1.84. The van der Waals surface area contributed by atoms with Crippen molar-refractivity contribution in [2.45, 2.75) is 25.9 Å². The predicted molar refractivity (Wildman–Crippen MR) is 59.7 cm³/mol. The molecule has 1 fully saturated rings. The molecule has 0 aromatic heterocycles. The molecule has 1 N–H and O–H groups in total. The van der Waals surface area contributed by atoms with Crippen LogP contribution in [0.4, 0.5) is 0 Å². The van der Waals surface area contributed by atoms with Crippen LogP contribution in [0.3, 0.4) is 0 Å². The van der Waals surface area contributed by atoms with Gasteiger partial charge in [0.15, 0.2) is 0 Å². The molecule has 5 nitrogen and oxygen atoms in total. The molecule has 1 atom stereocenters. The maximum absolute atomic E-state index is 10.5. The van der Waals surface area contributed by atoms with Gasteiger partial charge in [-0.25, -0.2) is 4.79 Å². The van der Waals surface area contributed by atoms with Crippen LogP contribution in [0.1, 0.15) is 19.8 Å². The first-order chi connectivity index (χ1) is 7.49. The number of esters is 1. The van der Waals surface area contributed by atoms with E-state index in [0.29, 0.717) is 5.91 Å². The molecule has 0 saturated carbocycles. The first-order valence-electron chi connectivity index (χ1n) is 5.18. The Hall–Kier alpha value is -1.36. The van der Waals surface area contributed by atoms with Crippen molar-refractivity contribution in [2.24, 2.45) is 0 Å². The molecule has 16 heavy (non-hydrogen) atoms. The summed E-state index contributed by atoms with van der Waals surface area (Å²) < 4.78 is 4.45. The molecule has 1 saturated heterocycles. The molecule has 1 amide bonds. The molecule has 1 unspecified atom stereocenters. The minimum atomic E-state index is -1.04. The summed E-state index contributed by atoms with van der Waals surface area (Å²) in [5.41, 5.74) is 0. The fraction of sp³-hybridized carbons (Fsp3) is 0.636. The number of aliphatic hydroxyl groups is 1. The summed E-state index contributed by atoms with van der Waals surface area (Å²) in [4.78, 5) is 22.6. The van der Waals surface area contributed by atoms with E-state index in [1.54, 1.807) is 4.90 Å². The summed E-state index contributed by atoms with van der Waals surface area (Å²) in [5, 5.41) is 8.54. The highest BCUT2D eigenvalue weighted by Crippen LogP contribution is 2.04. The fourth-order valence-electron chi connectivity index (χ4n) is 1.04. The minimum Gasteiger partial charge on any atom is -0.460 e. The molecule has 1 rings (SSSR count). The van der Waals surface area contributed by atoms with Crippen LogP contribution >= 0.6 is 0 Å². The molecule has 0 spiro atoms. The Kier molecular flexibility index (Phi) is 7.20. The number of hydrogen-bond donors (Lipinski definition) is 1. The highest BCUT2D eigenvalue weighted by Gasteiger charge is 2.14. The number of amides is 1. The van der Waals surface area contributed by atoms with Gasteiger partial charge in [0, 0.05) is 20.0 Å². The van der Waals surface area contributed by atoms with Gasteiger partial charge < -0.3 is 14.7 Å². The normalized spacial score (nSPS) is 16.2. The Bertz CT molecular complexity index is 250. The molecule has 5 heteroatoms. The van der Waals surface area contributed by atoms with Crippen LogP contribution < -0.4 is 0 Å². The van der Waals surface area contributed by atoms with Crippen molar-refractivity contribution in [3.05, 3.63) is 12.7 Å². The van der Waals surface area contributed by atoms with E-state index in [-0.39, 0.29) is 6.61 Å². The van der Waals surface area contributed by atoms with Gasteiger partial charge in [0.05, 0.1) is 0 Å². The summed E-state index contributed by atoms with van der Waals surface area (Å²) in [6.45, 7) is 5.80. The Morgan fingerprint density at radius 2 is 2.38 bits per heavy atom. The van der Waals surface area contributed by atoms with E-state index in [4.69, 9.17) is 5.11 Å². The van der Waals surface area contributed by atoms with Gasteiger partial charge in [0.25, 0.3) is 0 Å². The van der Waals surface area contributed by atoms with Crippen LogP contribution in [0.25, 0.3) is 0 Å². The van der Waals surface area contributed by atoms with Crippen LogP contribution in [-0.4, -0.2) is 48.2 Å². The number of carbonyl (C=O) groups excluding carboxylic acids is 2. The Labute approximate surface area is 95.7 Å². The quantitative estimate of drug-likeness (QED) is 0.559. The van der Waals surface area contributed by atoms with Gasteiger partial charge in [-0.15, -0.1) is 0 Å². The highest BCUT2D eigenvalue weighted by molar-refractivity contribution is 5.77. The predicted octanol–water partition coefficient (Wildman–Crippen LogP) is 0.335. The third kappa shape index (κ3) is 6.19. The Morgan fingerprint density at radius 1 is 1.75 bits per heavy atom. The molecule has 0 aromatic carbocycles. The van der Waals surface area contributed by atoms with Crippen LogP contribution in [0.2, 0.25) is 0 Å². The first kappa shape index (κ1) is 14.6. The summed E-state index contributed by atoms with van der Waals surface area (Å²) in [6.07, 6.45) is 2.22. The molecule has 0 bridgehead atoms. The first-order valence-corrected chi connectivity index (χ1v) is 5.18. The molecular formula is C11H19NO4. The number of ether oxygens (including phenoxy) is 1. The largest absolute Gasteiger partial charge is 0.460 e. The van der Waals surface area contributed by atoms with Crippen LogP contribution in [0, 0.1) is 0 Å². The van der Waals surface area contributed by atoms with E-state index >= 15 is 0 Å². The molecule has 1 heterocycles. The number of nitrogens with zero attached hydrogens (tertiary/aromatic N) is 1. The minimum absolute atomic E-state index is 0.156. The number of rotatable bonds is 3. The van der Waals surface area contributed by atoms with Gasteiger partial charge in [0.2, 0.25) is 5.91 Å². The molecule has 0 aliphatic carbocycles. The van der Waals surface area contributed by atoms with Crippen molar-refractivity contribution < 1.29 is 19.4 Å². The van der Waals surface area contributed by atoms with Gasteiger partial charge in [0.1, 0.15) is 12.7 Å². The standard InChI is InChI=1S/C6H10O3.C5H9NO/c1-3-4-9-6(8)5(2)7;1-6-4-2-3-5(6)7/h3,5,7H,1,4H2,2H3;2-4H2,1H3. The average Bonchev–Trinajstić information content (AvgIpc) is 2.60. The van der Waals surface area contributed by atoms with Gasteiger partial charge in [-0.1, -0.05) is 12.7 Å². The van der Waals surface area contributed by atoms with E-state index < -0.39 is 12.1 Å². The lowest BCUT2D eigenvalue weighted by Gasteiger charge is -2.03. The fourth-order valence-corrected chi connectivity index (χ4v) is 1.04. The zero-order valence-corrected chi connectivity index (χ0v) is 9.81. The van der Waals surface area contributed by atoms with Crippen molar-refractivity contribution in [1.82, 2.24) is 4.90 Å². The van der Waals surface area contributed by atoms with E-state index in [2.05, 4.69) is 11.3 Å². The Balaban J connectivity index is 0.000000288. The second-order valence-corrected chi connectivity index (χ2v) is 3.51. The topological polar surface area (TPSA) is 66.8 Å². The van der Waals surface area contributed by atoms with Gasteiger partial charge in [-0.3, -0.25) is 4.79 Å². The van der Waals surface area contributed by atoms with Crippen LogP contribution in [-0.2, 0) is 14.3 Å². The van der Waals surface area contributed by atoms with Crippen molar-refractivity contribution in [1.29, 1.82) is 0 Å². The second kappa shape index (κ2) is 7.87. The number of carbonyl (C=O) groups is 2. The van der Waals surface area contributed by atoms with Crippen molar-refractivity contribution in [3.8, 4) is 0 Å². The summed E-state index contributed by atoms with van der Waals surface area (Å²) in [6, 6.07) is 0.